The molecule has 130 valence electrons. The average Bonchev–Trinajstić information content (AvgIpc) is 2.50. The van der Waals surface area contributed by atoms with Gasteiger partial charge in [0.1, 0.15) is 5.75 Å². The van der Waals surface area contributed by atoms with E-state index >= 15 is 0 Å². The molecule has 0 fully saturated rings. The zero-order valence-corrected chi connectivity index (χ0v) is 15.2. The summed E-state index contributed by atoms with van der Waals surface area (Å²) in [6.45, 7) is 5.29. The average molecular weight is 331 g/mol. The first-order valence-corrected chi connectivity index (χ1v) is 7.83. The number of hydrogen-bond acceptors (Lipinski definition) is 4. The van der Waals surface area contributed by atoms with E-state index in [-0.39, 0.29) is 11.2 Å². The minimum atomic E-state index is -0.304. The molecule has 1 aromatic carbocycles. The number of nitrogens with zero attached hydrogens (tertiary/aromatic N) is 3. The lowest BCUT2D eigenvalue weighted by molar-refractivity contribution is 0.308. The molecular weight excluding hydrogens is 306 g/mol. The third kappa shape index (κ3) is 3.59. The molecule has 24 heavy (non-hydrogen) atoms. The predicted octanol–water partition coefficient (Wildman–Crippen LogP) is 1.34. The first-order chi connectivity index (χ1) is 11.2. The fourth-order valence-electron chi connectivity index (χ4n) is 3.03. The largest absolute Gasteiger partial charge is 0.496 e. The second kappa shape index (κ2) is 7.05. The summed E-state index contributed by atoms with van der Waals surface area (Å²) >= 11 is 0. The van der Waals surface area contributed by atoms with Crippen LogP contribution < -0.4 is 16.0 Å². The van der Waals surface area contributed by atoms with Crippen LogP contribution in [0, 0.1) is 13.8 Å². The first kappa shape index (κ1) is 18.0. The van der Waals surface area contributed by atoms with Crippen molar-refractivity contribution >= 4 is 0 Å². The Morgan fingerprint density at radius 1 is 1.00 bits per heavy atom. The molecule has 2 rings (SSSR count). The van der Waals surface area contributed by atoms with Crippen molar-refractivity contribution in [2.45, 2.75) is 26.9 Å². The van der Waals surface area contributed by atoms with Crippen molar-refractivity contribution in [3.05, 3.63) is 61.4 Å². The molecule has 6 heteroatoms. The number of rotatable bonds is 5. The second-order valence-electron chi connectivity index (χ2n) is 6.31. The molecule has 2 aromatic rings. The van der Waals surface area contributed by atoms with Crippen molar-refractivity contribution in [3.63, 3.8) is 0 Å². The lowest BCUT2D eigenvalue weighted by atomic mass is 10.1. The van der Waals surface area contributed by atoms with E-state index in [0.717, 1.165) is 28.0 Å². The van der Waals surface area contributed by atoms with E-state index in [9.17, 15) is 9.59 Å². The summed E-state index contributed by atoms with van der Waals surface area (Å²) in [4.78, 5) is 25.9. The van der Waals surface area contributed by atoms with Gasteiger partial charge in [0.2, 0.25) is 0 Å². The summed E-state index contributed by atoms with van der Waals surface area (Å²) in [5.41, 5.74) is 3.48. The summed E-state index contributed by atoms with van der Waals surface area (Å²) in [6, 6.07) is 5.72. The van der Waals surface area contributed by atoms with Gasteiger partial charge in [0, 0.05) is 38.9 Å². The van der Waals surface area contributed by atoms with Crippen LogP contribution in [0.5, 0.6) is 5.75 Å². The van der Waals surface area contributed by atoms with Gasteiger partial charge in [-0.1, -0.05) is 12.1 Å². The van der Waals surface area contributed by atoms with E-state index in [2.05, 4.69) is 17.0 Å². The molecule has 0 spiro atoms. The molecule has 0 N–H and O–H groups in total. The Hall–Kier alpha value is -2.34. The number of methoxy groups -OCH3 is 1. The molecule has 0 bridgehead atoms. The third-order valence-corrected chi connectivity index (χ3v) is 4.23. The maximum absolute atomic E-state index is 12.0. The third-order valence-electron chi connectivity index (χ3n) is 4.23. The van der Waals surface area contributed by atoms with E-state index in [0.29, 0.717) is 12.2 Å². The molecule has 0 aliphatic carbocycles. The van der Waals surface area contributed by atoms with E-state index < -0.39 is 0 Å². The van der Waals surface area contributed by atoms with Crippen LogP contribution >= 0.6 is 0 Å². The summed E-state index contributed by atoms with van der Waals surface area (Å²) < 4.78 is 8.02. The number of hydrogen-bond donors (Lipinski definition) is 0. The first-order valence-electron chi connectivity index (χ1n) is 7.83. The van der Waals surface area contributed by atoms with Crippen molar-refractivity contribution in [3.8, 4) is 5.75 Å². The normalized spacial score (nSPS) is 11.1. The van der Waals surface area contributed by atoms with Crippen molar-refractivity contribution in [2.75, 3.05) is 14.2 Å². The van der Waals surface area contributed by atoms with Crippen LogP contribution in [0.4, 0.5) is 0 Å². The van der Waals surface area contributed by atoms with Crippen molar-refractivity contribution < 1.29 is 4.74 Å². The Bertz CT molecular complexity index is 842. The lowest BCUT2D eigenvalue weighted by Gasteiger charge is -2.20. The Morgan fingerprint density at radius 3 is 2.12 bits per heavy atom. The van der Waals surface area contributed by atoms with Gasteiger partial charge in [-0.2, -0.15) is 0 Å². The van der Waals surface area contributed by atoms with Crippen LogP contribution in [0.15, 0.2) is 27.8 Å². The predicted molar refractivity (Wildman–Crippen MR) is 94.6 cm³/mol. The Balaban J connectivity index is 2.22. The van der Waals surface area contributed by atoms with Crippen LogP contribution in [0.2, 0.25) is 0 Å². The molecule has 0 unspecified atom stereocenters. The van der Waals surface area contributed by atoms with E-state index in [1.54, 1.807) is 14.2 Å². The maximum atomic E-state index is 12.0. The smallest absolute Gasteiger partial charge is 0.330 e. The molecule has 1 heterocycles. The van der Waals surface area contributed by atoms with Crippen molar-refractivity contribution in [1.29, 1.82) is 0 Å². The van der Waals surface area contributed by atoms with Crippen LogP contribution in [0.1, 0.15) is 22.4 Å². The standard InChI is InChI=1S/C18H25N3O3/c1-12-7-14(8-13(2)17(12)24-6)10-19(3)11-15-9-16(22)21(5)18(23)20(15)4/h7-9H,10-11H2,1-6H3. The minimum absolute atomic E-state index is 0.280. The highest BCUT2D eigenvalue weighted by atomic mass is 16.5. The number of aryl methyl sites for hydroxylation is 2. The van der Waals surface area contributed by atoms with Crippen LogP contribution in [0.3, 0.4) is 0 Å². The van der Waals surface area contributed by atoms with Gasteiger partial charge in [-0.3, -0.25) is 18.8 Å². The van der Waals surface area contributed by atoms with Gasteiger partial charge in [-0.05, 0) is 37.6 Å². The quantitative estimate of drug-likeness (QED) is 0.830. The molecule has 0 amide bonds. The molecule has 1 aromatic heterocycles. The summed E-state index contributed by atoms with van der Waals surface area (Å²) in [6.07, 6.45) is 0. The highest BCUT2D eigenvalue weighted by molar-refractivity contribution is 5.43. The molecule has 0 radical (unpaired) electrons. The minimum Gasteiger partial charge on any atom is -0.496 e. The fraction of sp³-hybridized carbons (Fsp3) is 0.444. The highest BCUT2D eigenvalue weighted by Gasteiger charge is 2.11. The van der Waals surface area contributed by atoms with E-state index in [4.69, 9.17) is 4.74 Å². The molecule has 0 aliphatic heterocycles. The Kier molecular flexibility index (Phi) is 5.29. The second-order valence-corrected chi connectivity index (χ2v) is 6.31. The zero-order chi connectivity index (χ0) is 18.0. The van der Waals surface area contributed by atoms with Gasteiger partial charge >= 0.3 is 5.69 Å². The van der Waals surface area contributed by atoms with Crippen LogP contribution in [-0.4, -0.2) is 28.2 Å². The summed E-state index contributed by atoms with van der Waals surface area (Å²) in [7, 11) is 6.82. The van der Waals surface area contributed by atoms with E-state index in [1.807, 2.05) is 20.9 Å². The molecule has 0 saturated carbocycles. The van der Waals surface area contributed by atoms with Gasteiger partial charge in [0.15, 0.2) is 0 Å². The van der Waals surface area contributed by atoms with E-state index in [1.165, 1.54) is 23.2 Å². The monoisotopic (exact) mass is 331 g/mol. The van der Waals surface area contributed by atoms with Gasteiger partial charge in [-0.25, -0.2) is 4.79 Å². The van der Waals surface area contributed by atoms with Gasteiger partial charge in [-0.15, -0.1) is 0 Å². The van der Waals surface area contributed by atoms with Crippen molar-refractivity contribution in [1.82, 2.24) is 14.0 Å². The Labute approximate surface area is 141 Å². The number of ether oxygens (including phenoxy) is 1. The van der Waals surface area contributed by atoms with Gasteiger partial charge < -0.3 is 4.74 Å². The van der Waals surface area contributed by atoms with Gasteiger partial charge in [0.25, 0.3) is 5.56 Å². The molecule has 0 aliphatic rings. The zero-order valence-electron chi connectivity index (χ0n) is 15.2. The molecule has 0 saturated heterocycles. The fourth-order valence-corrected chi connectivity index (χ4v) is 3.03. The molecular formula is C18H25N3O3. The Morgan fingerprint density at radius 2 is 1.58 bits per heavy atom. The van der Waals surface area contributed by atoms with Gasteiger partial charge in [0.05, 0.1) is 7.11 Å². The topological polar surface area (TPSA) is 56.5 Å². The number of benzene rings is 1. The highest BCUT2D eigenvalue weighted by Crippen LogP contribution is 2.24. The SMILES string of the molecule is COc1c(C)cc(CN(C)Cc2cc(=O)n(C)c(=O)n2C)cc1C. The van der Waals surface area contributed by atoms with Crippen LogP contribution in [0.25, 0.3) is 0 Å². The lowest BCUT2D eigenvalue weighted by Crippen LogP contribution is -2.39. The number of aromatic nitrogens is 2. The summed E-state index contributed by atoms with van der Waals surface area (Å²) in [5, 5.41) is 0. The molecule has 0 atom stereocenters. The van der Waals surface area contributed by atoms with Crippen LogP contribution in [-0.2, 0) is 27.2 Å². The summed E-state index contributed by atoms with van der Waals surface area (Å²) in [5.74, 6) is 0.912. The molecule has 6 nitrogen and oxygen atoms in total. The maximum Gasteiger partial charge on any atom is 0.330 e. The van der Waals surface area contributed by atoms with Crippen molar-refractivity contribution in [2.24, 2.45) is 14.1 Å².